The summed E-state index contributed by atoms with van der Waals surface area (Å²) in [5.41, 5.74) is 4.12. The van der Waals surface area contributed by atoms with Crippen LogP contribution in [0.15, 0.2) is 59.6 Å². The molecule has 2 aliphatic rings. The van der Waals surface area contributed by atoms with Gasteiger partial charge in [0, 0.05) is 53.9 Å². The monoisotopic (exact) mass is 413 g/mol. The summed E-state index contributed by atoms with van der Waals surface area (Å²) in [5.74, 6) is -0.0439. The van der Waals surface area contributed by atoms with E-state index in [1.54, 1.807) is 4.90 Å². The van der Waals surface area contributed by atoms with Gasteiger partial charge in [-0.3, -0.25) is 9.79 Å². The second kappa shape index (κ2) is 7.50. The minimum Gasteiger partial charge on any atom is -0.378 e. The molecule has 1 amide bonds. The van der Waals surface area contributed by atoms with E-state index >= 15 is 0 Å². The molecule has 5 heteroatoms. The van der Waals surface area contributed by atoms with Gasteiger partial charge < -0.3 is 14.5 Å². The van der Waals surface area contributed by atoms with Crippen molar-refractivity contribution in [2.24, 2.45) is 4.99 Å². The van der Waals surface area contributed by atoms with Crippen molar-refractivity contribution in [3.8, 4) is 0 Å². The van der Waals surface area contributed by atoms with E-state index in [-0.39, 0.29) is 11.3 Å². The second-order valence-corrected chi connectivity index (χ2v) is 8.80. The van der Waals surface area contributed by atoms with E-state index in [1.165, 1.54) is 0 Å². The van der Waals surface area contributed by atoms with E-state index in [1.807, 2.05) is 49.7 Å². The van der Waals surface area contributed by atoms with Crippen molar-refractivity contribution in [3.63, 3.8) is 0 Å². The fourth-order valence-corrected chi connectivity index (χ4v) is 4.61. The minimum absolute atomic E-state index is 0.0439. The lowest BCUT2D eigenvalue weighted by Crippen LogP contribution is -2.36. The Hall–Kier alpha value is -3.18. The van der Waals surface area contributed by atoms with Crippen LogP contribution in [0.3, 0.4) is 0 Å². The van der Waals surface area contributed by atoms with Gasteiger partial charge in [0.05, 0.1) is 24.5 Å². The Morgan fingerprint density at radius 2 is 1.61 bits per heavy atom. The van der Waals surface area contributed by atoms with Crippen LogP contribution in [0.2, 0.25) is 0 Å². The minimum atomic E-state index is -0.323. The number of hydrogen-bond donors (Lipinski definition) is 0. The van der Waals surface area contributed by atoms with E-state index in [0.717, 1.165) is 46.5 Å². The van der Waals surface area contributed by atoms with Crippen LogP contribution in [0.25, 0.3) is 10.8 Å². The van der Waals surface area contributed by atoms with Crippen LogP contribution in [0.4, 0.5) is 17.1 Å². The third kappa shape index (κ3) is 3.29. The molecular weight excluding hydrogens is 386 g/mol. The highest BCUT2D eigenvalue weighted by molar-refractivity contribution is 6.17. The molecule has 0 atom stereocenters. The lowest BCUT2D eigenvalue weighted by Gasteiger charge is -2.31. The van der Waals surface area contributed by atoms with Crippen LogP contribution in [0, 0.1) is 0 Å². The standard InChI is InChI=1S/C26H27N3O2/c1-26(2)17-27-24-19-9-5-4-8-18(19)23(29-12-14-31-15-13-29)16-20(24)25(30)28(3)22-11-7-6-10-21(22)26/h4-11,16-17H,12-15H2,1-3H3. The molecule has 2 heterocycles. The number of benzene rings is 3. The number of aliphatic imine (C=N–C) groups is 1. The fraction of sp³-hybridized carbons (Fsp3) is 0.308. The SMILES string of the molecule is CN1C(=O)c2cc(N3CCOCC3)c3ccccc3c2N=CC(C)(C)c2ccccc21. The molecule has 0 bridgehead atoms. The lowest BCUT2D eigenvalue weighted by molar-refractivity contribution is 0.0993. The highest BCUT2D eigenvalue weighted by atomic mass is 16.5. The average Bonchev–Trinajstić information content (AvgIpc) is 2.84. The van der Waals surface area contributed by atoms with Gasteiger partial charge in [0.15, 0.2) is 0 Å². The van der Waals surface area contributed by atoms with E-state index < -0.39 is 0 Å². The molecular formula is C26H27N3O2. The molecule has 0 radical (unpaired) electrons. The molecule has 0 aromatic heterocycles. The van der Waals surface area contributed by atoms with Gasteiger partial charge >= 0.3 is 0 Å². The van der Waals surface area contributed by atoms with Crippen LogP contribution in [0.1, 0.15) is 29.8 Å². The third-order valence-electron chi connectivity index (χ3n) is 6.36. The number of morpholine rings is 1. The van der Waals surface area contributed by atoms with Gasteiger partial charge in [-0.25, -0.2) is 0 Å². The van der Waals surface area contributed by atoms with Gasteiger partial charge in [0.2, 0.25) is 0 Å². The van der Waals surface area contributed by atoms with E-state index in [0.29, 0.717) is 18.8 Å². The molecule has 3 aromatic rings. The van der Waals surface area contributed by atoms with Crippen LogP contribution in [-0.2, 0) is 10.2 Å². The molecule has 5 nitrogen and oxygen atoms in total. The molecule has 1 saturated heterocycles. The number of nitrogens with zero attached hydrogens (tertiary/aromatic N) is 3. The average molecular weight is 414 g/mol. The summed E-state index contributed by atoms with van der Waals surface area (Å²) >= 11 is 0. The molecule has 31 heavy (non-hydrogen) atoms. The van der Waals surface area contributed by atoms with Gasteiger partial charge in [-0.05, 0) is 17.7 Å². The fourth-order valence-electron chi connectivity index (χ4n) is 4.61. The van der Waals surface area contributed by atoms with Crippen LogP contribution >= 0.6 is 0 Å². The Kier molecular flexibility index (Phi) is 4.78. The molecule has 1 fully saturated rings. The summed E-state index contributed by atoms with van der Waals surface area (Å²) < 4.78 is 5.56. The Morgan fingerprint density at radius 3 is 2.39 bits per heavy atom. The Morgan fingerprint density at radius 1 is 0.935 bits per heavy atom. The third-order valence-corrected chi connectivity index (χ3v) is 6.36. The van der Waals surface area contributed by atoms with Gasteiger partial charge in [0.1, 0.15) is 0 Å². The summed E-state index contributed by atoms with van der Waals surface area (Å²) in [6.45, 7) is 7.29. The van der Waals surface area contributed by atoms with Gasteiger partial charge in [-0.1, -0.05) is 56.3 Å². The highest BCUT2D eigenvalue weighted by Crippen LogP contribution is 2.41. The number of hydrogen-bond acceptors (Lipinski definition) is 4. The molecule has 158 valence electrons. The molecule has 0 saturated carbocycles. The Labute approximate surface area is 182 Å². The number of fused-ring (bicyclic) bond motifs is 4. The normalized spacial score (nSPS) is 18.2. The van der Waals surface area contributed by atoms with Crippen molar-refractivity contribution in [3.05, 3.63) is 65.7 Å². The zero-order valence-corrected chi connectivity index (χ0v) is 18.3. The zero-order valence-electron chi connectivity index (χ0n) is 18.3. The number of carbonyl (C=O) groups excluding carboxylic acids is 1. The number of ether oxygens (including phenoxy) is 1. The number of anilines is 2. The molecule has 0 spiro atoms. The lowest BCUT2D eigenvalue weighted by atomic mass is 9.84. The van der Waals surface area contributed by atoms with Gasteiger partial charge in [0.25, 0.3) is 5.91 Å². The molecule has 2 aliphatic heterocycles. The first-order chi connectivity index (χ1) is 15.0. The quantitative estimate of drug-likeness (QED) is 0.567. The molecule has 5 rings (SSSR count). The van der Waals surface area contributed by atoms with Crippen molar-refractivity contribution in [2.75, 3.05) is 43.2 Å². The largest absolute Gasteiger partial charge is 0.378 e. The first-order valence-corrected chi connectivity index (χ1v) is 10.8. The first-order valence-electron chi connectivity index (χ1n) is 10.8. The maximum Gasteiger partial charge on any atom is 0.260 e. The molecule has 0 unspecified atom stereocenters. The molecule has 0 aliphatic carbocycles. The predicted molar refractivity (Wildman–Crippen MR) is 127 cm³/mol. The summed E-state index contributed by atoms with van der Waals surface area (Å²) in [5, 5.41) is 2.12. The van der Waals surface area contributed by atoms with Crippen LogP contribution < -0.4 is 9.80 Å². The highest BCUT2D eigenvalue weighted by Gasteiger charge is 2.30. The number of rotatable bonds is 1. The zero-order chi connectivity index (χ0) is 21.6. The maximum atomic E-state index is 13.8. The van der Waals surface area contributed by atoms with Crippen molar-refractivity contribution in [1.82, 2.24) is 0 Å². The van der Waals surface area contributed by atoms with Crippen molar-refractivity contribution >= 4 is 40.0 Å². The summed E-state index contributed by atoms with van der Waals surface area (Å²) in [6.07, 6.45) is 1.98. The van der Waals surface area contributed by atoms with Gasteiger partial charge in [-0.15, -0.1) is 0 Å². The maximum absolute atomic E-state index is 13.8. The van der Waals surface area contributed by atoms with Crippen molar-refractivity contribution < 1.29 is 9.53 Å². The van der Waals surface area contributed by atoms with E-state index in [4.69, 9.17) is 9.73 Å². The van der Waals surface area contributed by atoms with E-state index in [2.05, 4.69) is 36.9 Å². The second-order valence-electron chi connectivity index (χ2n) is 8.80. The number of amides is 1. The van der Waals surface area contributed by atoms with Crippen LogP contribution in [-0.4, -0.2) is 45.5 Å². The smallest absolute Gasteiger partial charge is 0.260 e. The first kappa shape index (κ1) is 19.8. The summed E-state index contributed by atoms with van der Waals surface area (Å²) in [7, 11) is 1.86. The Balaban J connectivity index is 1.79. The van der Waals surface area contributed by atoms with Gasteiger partial charge in [-0.2, -0.15) is 0 Å². The number of carbonyl (C=O) groups is 1. The van der Waals surface area contributed by atoms with E-state index in [9.17, 15) is 4.79 Å². The summed E-state index contributed by atoms with van der Waals surface area (Å²) in [6, 6.07) is 18.4. The Bertz CT molecular complexity index is 1190. The predicted octanol–water partition coefficient (Wildman–Crippen LogP) is 4.95. The van der Waals surface area contributed by atoms with Crippen molar-refractivity contribution in [2.45, 2.75) is 19.3 Å². The molecule has 3 aromatic carbocycles. The topological polar surface area (TPSA) is 45.1 Å². The van der Waals surface area contributed by atoms with Crippen LogP contribution in [0.5, 0.6) is 0 Å². The summed E-state index contributed by atoms with van der Waals surface area (Å²) in [4.78, 5) is 22.8. The molecule has 0 N–H and O–H groups in total. The van der Waals surface area contributed by atoms with Crippen molar-refractivity contribution in [1.29, 1.82) is 0 Å². The number of para-hydroxylation sites is 1.